The Kier molecular flexibility index (Phi) is 5.75. The van der Waals surface area contributed by atoms with Crippen LogP contribution in [0.1, 0.15) is 15.9 Å². The minimum atomic E-state index is -0.517. The minimum absolute atomic E-state index is 0.249. The molecule has 0 bridgehead atoms. The summed E-state index contributed by atoms with van der Waals surface area (Å²) in [5.74, 6) is -1.47. The van der Waals surface area contributed by atoms with Crippen LogP contribution in [0.3, 0.4) is 0 Å². The highest BCUT2D eigenvalue weighted by Crippen LogP contribution is 2.23. The third-order valence-electron chi connectivity index (χ3n) is 2.92. The zero-order chi connectivity index (χ0) is 17.5. The number of nitrogens with zero attached hydrogens (tertiary/aromatic N) is 1. The van der Waals surface area contributed by atoms with Crippen molar-refractivity contribution in [2.45, 2.75) is 0 Å². The maximum atomic E-state index is 11.8. The molecule has 2 aromatic carbocycles. The van der Waals surface area contributed by atoms with Gasteiger partial charge in [0, 0.05) is 10.6 Å². The molecule has 0 radical (unpaired) electrons. The largest absolute Gasteiger partial charge is 0.504 e. The van der Waals surface area contributed by atoms with E-state index in [2.05, 4.69) is 15.8 Å². The van der Waals surface area contributed by atoms with E-state index in [-0.39, 0.29) is 18.0 Å². The SMILES string of the molecule is O=C(CNC(=O)c1ccc(Cl)cc1)N/N=C/c1ccc(O)c(O)c1. The van der Waals surface area contributed by atoms with Gasteiger partial charge in [-0.15, -0.1) is 0 Å². The predicted molar refractivity (Wildman–Crippen MR) is 89.3 cm³/mol. The first-order valence-corrected chi connectivity index (χ1v) is 7.21. The smallest absolute Gasteiger partial charge is 0.259 e. The number of aromatic hydroxyl groups is 2. The van der Waals surface area contributed by atoms with Crippen molar-refractivity contribution < 1.29 is 19.8 Å². The van der Waals surface area contributed by atoms with Gasteiger partial charge in [-0.1, -0.05) is 11.6 Å². The van der Waals surface area contributed by atoms with E-state index in [1.54, 1.807) is 24.3 Å². The Morgan fingerprint density at radius 3 is 2.46 bits per heavy atom. The van der Waals surface area contributed by atoms with E-state index < -0.39 is 11.8 Å². The number of amides is 2. The van der Waals surface area contributed by atoms with E-state index in [9.17, 15) is 19.8 Å². The second kappa shape index (κ2) is 7.98. The summed E-state index contributed by atoms with van der Waals surface area (Å²) in [6.07, 6.45) is 1.29. The molecule has 124 valence electrons. The first-order chi connectivity index (χ1) is 11.5. The fraction of sp³-hybridized carbons (Fsp3) is 0.0625. The fourth-order valence-corrected chi connectivity index (χ4v) is 1.83. The lowest BCUT2D eigenvalue weighted by Crippen LogP contribution is -2.34. The molecule has 0 unspecified atom stereocenters. The Balaban J connectivity index is 1.80. The lowest BCUT2D eigenvalue weighted by molar-refractivity contribution is -0.120. The summed E-state index contributed by atoms with van der Waals surface area (Å²) in [5.41, 5.74) is 3.10. The fourth-order valence-electron chi connectivity index (χ4n) is 1.70. The van der Waals surface area contributed by atoms with E-state index in [0.717, 1.165) is 0 Å². The molecule has 4 N–H and O–H groups in total. The van der Waals surface area contributed by atoms with Gasteiger partial charge in [0.1, 0.15) is 0 Å². The average molecular weight is 348 g/mol. The third-order valence-corrected chi connectivity index (χ3v) is 3.17. The number of rotatable bonds is 5. The highest BCUT2D eigenvalue weighted by Gasteiger charge is 2.07. The summed E-state index contributed by atoms with van der Waals surface area (Å²) in [4.78, 5) is 23.4. The molecule has 0 saturated heterocycles. The summed E-state index contributed by atoms with van der Waals surface area (Å²) in [6, 6.07) is 10.3. The van der Waals surface area contributed by atoms with Gasteiger partial charge in [-0.3, -0.25) is 9.59 Å². The summed E-state index contributed by atoms with van der Waals surface area (Å²) in [7, 11) is 0. The summed E-state index contributed by atoms with van der Waals surface area (Å²) in [5, 5.41) is 25.1. The number of benzene rings is 2. The topological polar surface area (TPSA) is 111 Å². The predicted octanol–water partition coefficient (Wildman–Crippen LogP) is 1.63. The minimum Gasteiger partial charge on any atom is -0.504 e. The number of hydrogen-bond acceptors (Lipinski definition) is 5. The quantitative estimate of drug-likeness (QED) is 0.374. The zero-order valence-corrected chi connectivity index (χ0v) is 13.1. The van der Waals surface area contributed by atoms with E-state index in [1.807, 2.05) is 0 Å². The van der Waals surface area contributed by atoms with E-state index >= 15 is 0 Å². The van der Waals surface area contributed by atoms with Crippen LogP contribution >= 0.6 is 11.6 Å². The van der Waals surface area contributed by atoms with E-state index in [0.29, 0.717) is 16.1 Å². The van der Waals surface area contributed by atoms with Crippen molar-refractivity contribution >= 4 is 29.6 Å². The standard InChI is InChI=1S/C16H14ClN3O4/c17-12-4-2-11(3-5-12)16(24)18-9-15(23)20-19-8-10-1-6-13(21)14(22)7-10/h1-8,21-22H,9H2,(H,18,24)(H,20,23)/b19-8+. The van der Waals surface area contributed by atoms with E-state index in [1.165, 1.54) is 24.4 Å². The van der Waals surface area contributed by atoms with Crippen molar-refractivity contribution in [1.29, 1.82) is 0 Å². The molecule has 0 aliphatic carbocycles. The molecule has 0 aliphatic rings. The molecule has 2 rings (SSSR count). The van der Waals surface area contributed by atoms with Crippen LogP contribution < -0.4 is 10.7 Å². The van der Waals surface area contributed by atoms with Crippen LogP contribution in [0.25, 0.3) is 0 Å². The molecular formula is C16H14ClN3O4. The molecular weight excluding hydrogens is 334 g/mol. The lowest BCUT2D eigenvalue weighted by Gasteiger charge is -2.04. The normalized spacial score (nSPS) is 10.5. The molecule has 8 heteroatoms. The van der Waals surface area contributed by atoms with E-state index in [4.69, 9.17) is 11.6 Å². The lowest BCUT2D eigenvalue weighted by atomic mass is 10.2. The van der Waals surface area contributed by atoms with Crippen molar-refractivity contribution in [2.24, 2.45) is 5.10 Å². The van der Waals surface area contributed by atoms with Gasteiger partial charge >= 0.3 is 0 Å². The number of phenolic OH excluding ortho intramolecular Hbond substituents is 2. The van der Waals surface area contributed by atoms with Crippen LogP contribution in [0.2, 0.25) is 5.02 Å². The van der Waals surface area contributed by atoms with Crippen molar-refractivity contribution in [1.82, 2.24) is 10.7 Å². The van der Waals surface area contributed by atoms with Crippen molar-refractivity contribution in [3.8, 4) is 11.5 Å². The van der Waals surface area contributed by atoms with Crippen LogP contribution in [-0.2, 0) is 4.79 Å². The molecule has 0 spiro atoms. The Hall–Kier alpha value is -3.06. The van der Waals surface area contributed by atoms with Crippen LogP contribution in [0, 0.1) is 0 Å². The van der Waals surface area contributed by atoms with Crippen LogP contribution in [0.4, 0.5) is 0 Å². The Morgan fingerprint density at radius 1 is 1.08 bits per heavy atom. The number of halogens is 1. The molecule has 2 amide bonds. The molecule has 0 aromatic heterocycles. The van der Waals surface area contributed by atoms with Gasteiger partial charge in [0.25, 0.3) is 11.8 Å². The van der Waals surface area contributed by atoms with Gasteiger partial charge in [-0.25, -0.2) is 5.43 Å². The number of hydrazone groups is 1. The van der Waals surface area contributed by atoms with Crippen LogP contribution in [-0.4, -0.2) is 34.8 Å². The first kappa shape index (κ1) is 17.3. The number of hydrogen-bond donors (Lipinski definition) is 4. The monoisotopic (exact) mass is 347 g/mol. The number of carbonyl (C=O) groups excluding carboxylic acids is 2. The van der Waals surface area contributed by atoms with Crippen LogP contribution in [0.15, 0.2) is 47.6 Å². The highest BCUT2D eigenvalue weighted by atomic mass is 35.5. The Labute approximate surface area is 142 Å². The third kappa shape index (κ3) is 4.99. The molecule has 0 aliphatic heterocycles. The maximum Gasteiger partial charge on any atom is 0.259 e. The number of phenols is 2. The van der Waals surface area contributed by atoms with Crippen molar-refractivity contribution in [2.75, 3.05) is 6.54 Å². The van der Waals surface area contributed by atoms with Crippen molar-refractivity contribution in [3.05, 3.63) is 58.6 Å². The van der Waals surface area contributed by atoms with Crippen LogP contribution in [0.5, 0.6) is 11.5 Å². The number of carbonyl (C=O) groups is 2. The molecule has 2 aromatic rings. The van der Waals surface area contributed by atoms with Gasteiger partial charge in [0.15, 0.2) is 11.5 Å². The first-order valence-electron chi connectivity index (χ1n) is 6.83. The highest BCUT2D eigenvalue weighted by molar-refractivity contribution is 6.30. The van der Waals surface area contributed by atoms with Gasteiger partial charge in [-0.2, -0.15) is 5.10 Å². The summed E-state index contributed by atoms with van der Waals surface area (Å²) in [6.45, 7) is -0.250. The second-order valence-corrected chi connectivity index (χ2v) is 5.17. The summed E-state index contributed by atoms with van der Waals surface area (Å²) < 4.78 is 0. The van der Waals surface area contributed by atoms with Crippen molar-refractivity contribution in [3.63, 3.8) is 0 Å². The van der Waals surface area contributed by atoms with Gasteiger partial charge in [0.2, 0.25) is 0 Å². The molecule has 0 saturated carbocycles. The van der Waals surface area contributed by atoms with Gasteiger partial charge in [0.05, 0.1) is 12.8 Å². The van der Waals surface area contributed by atoms with Gasteiger partial charge < -0.3 is 15.5 Å². The molecule has 24 heavy (non-hydrogen) atoms. The summed E-state index contributed by atoms with van der Waals surface area (Å²) >= 11 is 5.73. The zero-order valence-electron chi connectivity index (χ0n) is 12.4. The Bertz CT molecular complexity index is 775. The molecule has 0 atom stereocenters. The maximum absolute atomic E-state index is 11.8. The average Bonchev–Trinajstić information content (AvgIpc) is 2.56. The Morgan fingerprint density at radius 2 is 1.79 bits per heavy atom. The number of nitrogens with one attached hydrogen (secondary N) is 2. The second-order valence-electron chi connectivity index (χ2n) is 4.73. The van der Waals surface area contributed by atoms with Gasteiger partial charge in [-0.05, 0) is 48.0 Å². The molecule has 0 fully saturated rings. The molecule has 7 nitrogen and oxygen atoms in total. The molecule has 0 heterocycles.